The maximum absolute atomic E-state index is 12.0. The van der Waals surface area contributed by atoms with Gasteiger partial charge < -0.3 is 4.90 Å². The smallest absolute Gasteiger partial charge is 0.158 e. The Morgan fingerprint density at radius 1 is 1.14 bits per heavy atom. The Balaban J connectivity index is 1.98. The average molecular weight is 316 g/mol. The minimum absolute atomic E-state index is 0.374. The van der Waals surface area contributed by atoms with Crippen molar-refractivity contribution in [3.8, 4) is 0 Å². The van der Waals surface area contributed by atoms with Gasteiger partial charge in [0.05, 0.1) is 8.07 Å². The van der Waals surface area contributed by atoms with Crippen LogP contribution in [-0.4, -0.2) is 31.5 Å². The number of rotatable bonds is 7. The molecule has 0 aliphatic heterocycles. The normalized spacial score (nSPS) is 16.0. The highest BCUT2D eigenvalue weighted by molar-refractivity contribution is 6.76. The topological polar surface area (TPSA) is 20.3 Å². The van der Waals surface area contributed by atoms with Crippen molar-refractivity contribution in [2.75, 3.05) is 12.7 Å². The van der Waals surface area contributed by atoms with Gasteiger partial charge in [0.1, 0.15) is 0 Å². The summed E-state index contributed by atoms with van der Waals surface area (Å²) in [5.41, 5.74) is 2.43. The number of nitrogens with zero attached hydrogens (tertiary/aromatic N) is 1. The van der Waals surface area contributed by atoms with E-state index < -0.39 is 8.07 Å². The Bertz CT molecular complexity index is 516. The Kier molecular flexibility index (Phi) is 6.15. The van der Waals surface area contributed by atoms with Crippen LogP contribution < -0.4 is 0 Å². The fraction of sp³-hybridized carbons (Fsp3) is 0.526. The summed E-state index contributed by atoms with van der Waals surface area (Å²) >= 11 is 0. The number of hydrogen-bond acceptors (Lipinski definition) is 2. The van der Waals surface area contributed by atoms with Crippen LogP contribution in [0.25, 0.3) is 0 Å². The number of carbonyl (C=O) groups excluding carboxylic acids is 1. The Hall–Kier alpha value is -1.19. The van der Waals surface area contributed by atoms with Crippen molar-refractivity contribution in [3.63, 3.8) is 0 Å². The molecule has 0 amide bonds. The average Bonchev–Trinajstić information content (AvgIpc) is 2.46. The molecule has 2 nitrogen and oxygen atoms in total. The van der Waals surface area contributed by atoms with E-state index in [-0.39, 0.29) is 0 Å². The SMILES string of the molecule is C[Si](C)(C)CN(CCC1=CCCCC1=O)Cc1ccccc1. The van der Waals surface area contributed by atoms with Gasteiger partial charge in [-0.1, -0.05) is 56.0 Å². The van der Waals surface area contributed by atoms with E-state index in [4.69, 9.17) is 0 Å². The number of Topliss-reactive ketones (excluding diaryl/α,β-unsaturated/α-hetero) is 1. The van der Waals surface area contributed by atoms with E-state index in [9.17, 15) is 4.79 Å². The number of allylic oxidation sites excluding steroid dienone is 1. The second-order valence-electron chi connectivity index (χ2n) is 7.55. The van der Waals surface area contributed by atoms with Gasteiger partial charge in [0.25, 0.3) is 0 Å². The van der Waals surface area contributed by atoms with Gasteiger partial charge in [-0.2, -0.15) is 0 Å². The first-order valence-electron chi connectivity index (χ1n) is 8.42. The molecule has 2 rings (SSSR count). The second-order valence-corrected chi connectivity index (χ2v) is 13.0. The van der Waals surface area contributed by atoms with Gasteiger partial charge in [-0.25, -0.2) is 0 Å². The van der Waals surface area contributed by atoms with E-state index in [1.54, 1.807) is 0 Å². The molecule has 0 aromatic heterocycles. The van der Waals surface area contributed by atoms with E-state index in [0.29, 0.717) is 5.78 Å². The molecule has 0 heterocycles. The lowest BCUT2D eigenvalue weighted by molar-refractivity contribution is -0.116. The maximum Gasteiger partial charge on any atom is 0.158 e. The van der Waals surface area contributed by atoms with Crippen molar-refractivity contribution in [2.45, 2.75) is 51.9 Å². The highest BCUT2D eigenvalue weighted by atomic mass is 28.3. The molecule has 0 unspecified atom stereocenters. The van der Waals surface area contributed by atoms with E-state index in [1.165, 1.54) is 11.7 Å². The fourth-order valence-corrected chi connectivity index (χ4v) is 4.67. The lowest BCUT2D eigenvalue weighted by Crippen LogP contribution is -2.40. The third-order valence-electron chi connectivity index (χ3n) is 4.00. The summed E-state index contributed by atoms with van der Waals surface area (Å²) in [7, 11) is -1.16. The van der Waals surface area contributed by atoms with Gasteiger partial charge in [0, 0.05) is 19.5 Å². The van der Waals surface area contributed by atoms with Crippen LogP contribution in [0.15, 0.2) is 42.0 Å². The minimum Gasteiger partial charge on any atom is -0.302 e. The van der Waals surface area contributed by atoms with Crippen LogP contribution in [0, 0.1) is 0 Å². The van der Waals surface area contributed by atoms with Crippen LogP contribution in [0.1, 0.15) is 31.2 Å². The van der Waals surface area contributed by atoms with Gasteiger partial charge in [-0.05, 0) is 36.6 Å². The van der Waals surface area contributed by atoms with Gasteiger partial charge >= 0.3 is 0 Å². The van der Waals surface area contributed by atoms with Crippen molar-refractivity contribution in [1.29, 1.82) is 0 Å². The van der Waals surface area contributed by atoms with Crippen LogP contribution in [0.3, 0.4) is 0 Å². The molecule has 0 fully saturated rings. The zero-order valence-electron chi connectivity index (χ0n) is 14.3. The zero-order chi connectivity index (χ0) is 16.0. The standard InChI is InChI=1S/C19H29NOSi/c1-22(2,3)16-20(15-17-9-5-4-6-10-17)14-13-18-11-7-8-12-19(18)21/h4-6,9-11H,7-8,12-16H2,1-3H3. The summed E-state index contributed by atoms with van der Waals surface area (Å²) in [5, 5.41) is 0. The third-order valence-corrected chi connectivity index (χ3v) is 5.40. The fourth-order valence-electron chi connectivity index (χ4n) is 3.06. The summed E-state index contributed by atoms with van der Waals surface area (Å²) in [6.45, 7) is 9.23. The Morgan fingerprint density at radius 2 is 1.86 bits per heavy atom. The number of carbonyl (C=O) groups is 1. The first kappa shape index (κ1) is 17.2. The lowest BCUT2D eigenvalue weighted by Gasteiger charge is -2.29. The van der Waals surface area contributed by atoms with Crippen LogP contribution in [-0.2, 0) is 11.3 Å². The van der Waals surface area contributed by atoms with Crippen molar-refractivity contribution < 1.29 is 4.79 Å². The summed E-state index contributed by atoms with van der Waals surface area (Å²) < 4.78 is 0. The molecule has 0 saturated heterocycles. The Labute approximate surface area is 136 Å². The zero-order valence-corrected chi connectivity index (χ0v) is 15.3. The van der Waals surface area contributed by atoms with Gasteiger partial charge in [-0.3, -0.25) is 4.79 Å². The van der Waals surface area contributed by atoms with Crippen LogP contribution >= 0.6 is 0 Å². The van der Waals surface area contributed by atoms with Crippen LogP contribution in [0.2, 0.25) is 19.6 Å². The summed E-state index contributed by atoms with van der Waals surface area (Å²) in [6.07, 6.45) is 7.12. The molecule has 0 N–H and O–H groups in total. The molecule has 0 atom stereocenters. The quantitative estimate of drug-likeness (QED) is 0.694. The monoisotopic (exact) mass is 315 g/mol. The van der Waals surface area contributed by atoms with Gasteiger partial charge in [0.2, 0.25) is 0 Å². The molecular formula is C19H29NOSi. The van der Waals surface area contributed by atoms with Crippen LogP contribution in [0.5, 0.6) is 0 Å². The molecule has 0 bridgehead atoms. The van der Waals surface area contributed by atoms with Crippen LogP contribution in [0.4, 0.5) is 0 Å². The molecule has 120 valence electrons. The molecule has 1 aliphatic carbocycles. The Morgan fingerprint density at radius 3 is 2.50 bits per heavy atom. The molecule has 1 aromatic rings. The second kappa shape index (κ2) is 7.89. The van der Waals surface area contributed by atoms with Crippen molar-refractivity contribution in [2.24, 2.45) is 0 Å². The molecule has 0 spiro atoms. The van der Waals surface area contributed by atoms with Gasteiger partial charge in [-0.15, -0.1) is 0 Å². The number of benzene rings is 1. The highest BCUT2D eigenvalue weighted by Gasteiger charge is 2.20. The molecule has 1 aliphatic rings. The number of hydrogen-bond donors (Lipinski definition) is 0. The predicted octanol–water partition coefficient (Wildman–Crippen LogP) is 4.44. The molecule has 1 aromatic carbocycles. The molecule has 22 heavy (non-hydrogen) atoms. The number of ketones is 1. The van der Waals surface area contributed by atoms with Crippen molar-refractivity contribution in [1.82, 2.24) is 4.90 Å². The van der Waals surface area contributed by atoms with Gasteiger partial charge in [0.15, 0.2) is 5.78 Å². The summed E-state index contributed by atoms with van der Waals surface area (Å²) in [4.78, 5) is 14.5. The van der Waals surface area contributed by atoms with Crippen molar-refractivity contribution in [3.05, 3.63) is 47.5 Å². The maximum atomic E-state index is 12.0. The third kappa shape index (κ3) is 5.89. The van der Waals surface area contributed by atoms with E-state index >= 15 is 0 Å². The molecule has 0 saturated carbocycles. The van der Waals surface area contributed by atoms with Crippen molar-refractivity contribution >= 4 is 13.9 Å². The predicted molar refractivity (Wildman–Crippen MR) is 96.6 cm³/mol. The molecule has 3 heteroatoms. The largest absolute Gasteiger partial charge is 0.302 e. The van der Waals surface area contributed by atoms with E-state index in [0.717, 1.165) is 44.3 Å². The van der Waals surface area contributed by atoms with E-state index in [2.05, 4.69) is 60.9 Å². The lowest BCUT2D eigenvalue weighted by atomic mass is 9.96. The minimum atomic E-state index is -1.16. The first-order chi connectivity index (χ1) is 10.4. The first-order valence-corrected chi connectivity index (χ1v) is 12.1. The highest BCUT2D eigenvalue weighted by Crippen LogP contribution is 2.18. The summed E-state index contributed by atoms with van der Waals surface area (Å²) in [5.74, 6) is 0.374. The summed E-state index contributed by atoms with van der Waals surface area (Å²) in [6, 6.07) is 10.7. The van der Waals surface area contributed by atoms with E-state index in [1.807, 2.05) is 0 Å². The molecule has 0 radical (unpaired) electrons. The molecular weight excluding hydrogens is 286 g/mol.